The minimum absolute atomic E-state index is 0.0253. The quantitative estimate of drug-likeness (QED) is 0.683. The lowest BCUT2D eigenvalue weighted by Crippen LogP contribution is -2.54. The number of nitrogens with one attached hydrogen (secondary N) is 1. The third kappa shape index (κ3) is 5.97. The number of amides is 1. The van der Waals surface area contributed by atoms with E-state index in [-0.39, 0.29) is 23.7 Å². The van der Waals surface area contributed by atoms with Crippen molar-refractivity contribution < 1.29 is 13.9 Å². The van der Waals surface area contributed by atoms with Crippen molar-refractivity contribution in [2.45, 2.75) is 59.5 Å². The maximum absolute atomic E-state index is 14.3. The maximum Gasteiger partial charge on any atom is 0.225 e. The zero-order valence-electron chi connectivity index (χ0n) is 16.6. The monoisotopic (exact) mass is 364 g/mol. The molecule has 1 N–H and O–H groups in total. The van der Waals surface area contributed by atoms with Crippen LogP contribution in [0.25, 0.3) is 0 Å². The Kier molecular flexibility index (Phi) is 7.88. The summed E-state index contributed by atoms with van der Waals surface area (Å²) >= 11 is 0. The number of rotatable bonds is 10. The first-order chi connectivity index (χ1) is 12.4. The van der Waals surface area contributed by atoms with Gasteiger partial charge in [0.25, 0.3) is 0 Å². The Morgan fingerprint density at radius 2 is 2.00 bits per heavy atom. The second-order valence-corrected chi connectivity index (χ2v) is 7.70. The molecule has 1 amide bonds. The van der Waals surface area contributed by atoms with E-state index >= 15 is 0 Å². The molecule has 0 saturated carbocycles. The Morgan fingerprint density at radius 1 is 1.31 bits per heavy atom. The first-order valence-corrected chi connectivity index (χ1v) is 9.86. The number of hydrogen-bond donors (Lipinski definition) is 1. The molecule has 1 aliphatic heterocycles. The lowest BCUT2D eigenvalue weighted by atomic mass is 9.97. The molecule has 0 bridgehead atoms. The standard InChI is InChI=1S/C21H33FN2O2/c1-5-18(6-2)23-21(25)17-13-24(14-17)12-16-7-8-19(11-20(16)22)26-10-9-15(3)4/h7-8,11,15,17-18H,5-6,9-10,12-14H2,1-4H3,(H,23,25). The molecule has 1 aliphatic rings. The highest BCUT2D eigenvalue weighted by molar-refractivity contribution is 5.80. The summed E-state index contributed by atoms with van der Waals surface area (Å²) in [6.07, 6.45) is 2.86. The number of nitrogens with zero attached hydrogens (tertiary/aromatic N) is 1. The molecule has 1 fully saturated rings. The number of likely N-dealkylation sites (tertiary alicyclic amines) is 1. The van der Waals surface area contributed by atoms with Gasteiger partial charge in [-0.3, -0.25) is 9.69 Å². The smallest absolute Gasteiger partial charge is 0.225 e. The SMILES string of the molecule is CCC(CC)NC(=O)C1CN(Cc2ccc(OCCC(C)C)cc2F)C1. The fraction of sp³-hybridized carbons (Fsp3) is 0.667. The maximum atomic E-state index is 14.3. The molecule has 0 radical (unpaired) electrons. The van der Waals surface area contributed by atoms with Gasteiger partial charge in [0.2, 0.25) is 5.91 Å². The van der Waals surface area contributed by atoms with Crippen LogP contribution in [0.3, 0.4) is 0 Å². The van der Waals surface area contributed by atoms with Crippen LogP contribution in [-0.4, -0.2) is 36.5 Å². The fourth-order valence-electron chi connectivity index (χ4n) is 3.08. The fourth-order valence-corrected chi connectivity index (χ4v) is 3.08. The van der Waals surface area contributed by atoms with Crippen LogP contribution in [0.15, 0.2) is 18.2 Å². The normalized spacial score (nSPS) is 15.3. The van der Waals surface area contributed by atoms with Crippen LogP contribution in [0.5, 0.6) is 5.75 Å². The number of carbonyl (C=O) groups is 1. The Bertz CT molecular complexity index is 581. The second-order valence-electron chi connectivity index (χ2n) is 7.70. The van der Waals surface area contributed by atoms with E-state index in [1.807, 2.05) is 6.07 Å². The topological polar surface area (TPSA) is 41.6 Å². The molecule has 0 atom stereocenters. The summed E-state index contributed by atoms with van der Waals surface area (Å²) in [6.45, 7) is 11.0. The number of benzene rings is 1. The highest BCUT2D eigenvalue weighted by Gasteiger charge is 2.33. The molecular weight excluding hydrogens is 331 g/mol. The van der Waals surface area contributed by atoms with E-state index in [0.717, 1.165) is 19.3 Å². The largest absolute Gasteiger partial charge is 0.493 e. The molecule has 1 aromatic rings. The van der Waals surface area contributed by atoms with Crippen molar-refractivity contribution in [2.24, 2.45) is 11.8 Å². The molecule has 0 unspecified atom stereocenters. The summed E-state index contributed by atoms with van der Waals surface area (Å²) < 4.78 is 19.9. The van der Waals surface area contributed by atoms with Crippen LogP contribution in [-0.2, 0) is 11.3 Å². The van der Waals surface area contributed by atoms with Gasteiger partial charge in [0.1, 0.15) is 11.6 Å². The summed E-state index contributed by atoms with van der Waals surface area (Å²) in [5.74, 6) is 1.07. The molecule has 5 heteroatoms. The molecule has 0 spiro atoms. The van der Waals surface area contributed by atoms with Gasteiger partial charge in [0, 0.05) is 37.3 Å². The summed E-state index contributed by atoms with van der Waals surface area (Å²) in [6, 6.07) is 5.34. The number of halogens is 1. The molecule has 1 aromatic carbocycles. The predicted molar refractivity (Wildman–Crippen MR) is 103 cm³/mol. The van der Waals surface area contributed by atoms with Crippen LogP contribution >= 0.6 is 0 Å². The third-order valence-corrected chi connectivity index (χ3v) is 5.04. The molecule has 0 aliphatic carbocycles. The van der Waals surface area contributed by atoms with Gasteiger partial charge in [0.15, 0.2) is 0 Å². The minimum Gasteiger partial charge on any atom is -0.493 e. The van der Waals surface area contributed by atoms with E-state index < -0.39 is 0 Å². The van der Waals surface area contributed by atoms with Crippen LogP contribution in [0.2, 0.25) is 0 Å². The minimum atomic E-state index is -0.239. The highest BCUT2D eigenvalue weighted by atomic mass is 19.1. The van der Waals surface area contributed by atoms with Gasteiger partial charge in [-0.25, -0.2) is 4.39 Å². The van der Waals surface area contributed by atoms with Crippen LogP contribution in [0, 0.1) is 17.7 Å². The first-order valence-electron chi connectivity index (χ1n) is 9.86. The average molecular weight is 365 g/mol. The van der Waals surface area contributed by atoms with Crippen LogP contribution in [0.4, 0.5) is 4.39 Å². The molecule has 146 valence electrons. The molecule has 26 heavy (non-hydrogen) atoms. The van der Waals surface area contributed by atoms with Gasteiger partial charge in [-0.1, -0.05) is 33.8 Å². The van der Waals surface area contributed by atoms with Gasteiger partial charge in [-0.2, -0.15) is 0 Å². The Balaban J connectivity index is 1.77. The Hall–Kier alpha value is -1.62. The van der Waals surface area contributed by atoms with Crippen molar-refractivity contribution in [1.82, 2.24) is 10.2 Å². The highest BCUT2D eigenvalue weighted by Crippen LogP contribution is 2.23. The summed E-state index contributed by atoms with van der Waals surface area (Å²) in [5, 5.41) is 3.09. The van der Waals surface area contributed by atoms with Gasteiger partial charge in [-0.05, 0) is 31.2 Å². The van der Waals surface area contributed by atoms with E-state index in [0.29, 0.717) is 43.5 Å². The summed E-state index contributed by atoms with van der Waals surface area (Å²) in [4.78, 5) is 14.3. The number of hydrogen-bond acceptors (Lipinski definition) is 3. The van der Waals surface area contributed by atoms with Gasteiger partial charge in [-0.15, -0.1) is 0 Å². The third-order valence-electron chi connectivity index (χ3n) is 5.04. The van der Waals surface area contributed by atoms with E-state index in [1.165, 1.54) is 6.07 Å². The van der Waals surface area contributed by atoms with Crippen molar-refractivity contribution in [3.05, 3.63) is 29.6 Å². The molecule has 1 saturated heterocycles. The van der Waals surface area contributed by atoms with E-state index in [9.17, 15) is 9.18 Å². The van der Waals surface area contributed by atoms with E-state index in [4.69, 9.17) is 4.74 Å². The van der Waals surface area contributed by atoms with Crippen molar-refractivity contribution >= 4 is 5.91 Å². The molecule has 2 rings (SSSR count). The summed E-state index contributed by atoms with van der Waals surface area (Å²) in [7, 11) is 0. The Morgan fingerprint density at radius 3 is 2.58 bits per heavy atom. The molecule has 0 aromatic heterocycles. The van der Waals surface area contributed by atoms with Crippen molar-refractivity contribution in [1.29, 1.82) is 0 Å². The van der Waals surface area contributed by atoms with Crippen molar-refractivity contribution in [2.75, 3.05) is 19.7 Å². The van der Waals surface area contributed by atoms with Crippen LogP contribution < -0.4 is 10.1 Å². The zero-order valence-corrected chi connectivity index (χ0v) is 16.6. The van der Waals surface area contributed by atoms with Gasteiger partial charge >= 0.3 is 0 Å². The lowest BCUT2D eigenvalue weighted by molar-refractivity contribution is -0.131. The van der Waals surface area contributed by atoms with Gasteiger partial charge < -0.3 is 10.1 Å². The average Bonchev–Trinajstić information content (AvgIpc) is 2.56. The van der Waals surface area contributed by atoms with E-state index in [1.54, 1.807) is 6.07 Å². The molecular formula is C21H33FN2O2. The Labute approximate surface area is 157 Å². The second kappa shape index (κ2) is 9.91. The van der Waals surface area contributed by atoms with Crippen molar-refractivity contribution in [3.8, 4) is 5.75 Å². The van der Waals surface area contributed by atoms with Crippen LogP contribution in [0.1, 0.15) is 52.5 Å². The predicted octanol–water partition coefficient (Wildman–Crippen LogP) is 3.99. The zero-order chi connectivity index (χ0) is 19.1. The van der Waals surface area contributed by atoms with E-state index in [2.05, 4.69) is 37.9 Å². The number of ether oxygens (including phenoxy) is 1. The van der Waals surface area contributed by atoms with Crippen molar-refractivity contribution in [3.63, 3.8) is 0 Å². The first kappa shape index (κ1) is 20.7. The van der Waals surface area contributed by atoms with Gasteiger partial charge in [0.05, 0.1) is 12.5 Å². The number of carbonyl (C=O) groups excluding carboxylic acids is 1. The summed E-state index contributed by atoms with van der Waals surface area (Å²) in [5.41, 5.74) is 0.653. The molecule has 1 heterocycles. The molecule has 4 nitrogen and oxygen atoms in total. The lowest BCUT2D eigenvalue weighted by Gasteiger charge is -2.38.